The zero-order chi connectivity index (χ0) is 11.9. The van der Waals surface area contributed by atoms with Gasteiger partial charge in [0.2, 0.25) is 0 Å². The monoisotopic (exact) mass is 241 g/mol. The van der Waals surface area contributed by atoms with Crippen molar-refractivity contribution >= 4 is 6.03 Å². The maximum Gasteiger partial charge on any atom is 0.315 e. The van der Waals surface area contributed by atoms with Crippen molar-refractivity contribution < 1.29 is 9.53 Å². The lowest BCUT2D eigenvalue weighted by molar-refractivity contribution is 0.0800. The maximum atomic E-state index is 11.7. The fourth-order valence-corrected chi connectivity index (χ4v) is 2.39. The van der Waals surface area contributed by atoms with Gasteiger partial charge in [-0.05, 0) is 32.2 Å². The van der Waals surface area contributed by atoms with Crippen LogP contribution in [0.4, 0.5) is 4.79 Å². The summed E-state index contributed by atoms with van der Waals surface area (Å²) in [6.07, 6.45) is 5.54. The number of hydrogen-bond donors (Lipinski definition) is 3. The van der Waals surface area contributed by atoms with Crippen molar-refractivity contribution in [3.63, 3.8) is 0 Å². The molecule has 0 saturated carbocycles. The predicted molar refractivity (Wildman–Crippen MR) is 66.0 cm³/mol. The van der Waals surface area contributed by atoms with Crippen LogP contribution < -0.4 is 16.0 Å². The van der Waals surface area contributed by atoms with E-state index in [-0.39, 0.29) is 12.1 Å². The lowest BCUT2D eigenvalue weighted by Gasteiger charge is -2.26. The summed E-state index contributed by atoms with van der Waals surface area (Å²) >= 11 is 0. The first-order chi connectivity index (χ1) is 8.34. The van der Waals surface area contributed by atoms with Gasteiger partial charge in [0.15, 0.2) is 0 Å². The first kappa shape index (κ1) is 12.6. The highest BCUT2D eigenvalue weighted by molar-refractivity contribution is 5.74. The molecule has 2 fully saturated rings. The van der Waals surface area contributed by atoms with Gasteiger partial charge in [-0.25, -0.2) is 4.79 Å². The Hall–Kier alpha value is -0.810. The summed E-state index contributed by atoms with van der Waals surface area (Å²) in [5.41, 5.74) is 0. The van der Waals surface area contributed by atoms with E-state index < -0.39 is 0 Å². The fourth-order valence-electron chi connectivity index (χ4n) is 2.39. The van der Waals surface area contributed by atoms with Gasteiger partial charge in [0.25, 0.3) is 0 Å². The molecule has 2 rings (SSSR count). The van der Waals surface area contributed by atoms with Gasteiger partial charge in [0, 0.05) is 31.8 Å². The van der Waals surface area contributed by atoms with E-state index in [0.29, 0.717) is 6.04 Å². The summed E-state index contributed by atoms with van der Waals surface area (Å²) in [6.45, 7) is 3.33. The third-order valence-corrected chi connectivity index (χ3v) is 3.48. The molecule has 2 aliphatic heterocycles. The zero-order valence-corrected chi connectivity index (χ0v) is 10.3. The minimum absolute atomic E-state index is 0.0377. The number of hydrogen-bond acceptors (Lipinski definition) is 3. The molecule has 0 spiro atoms. The SMILES string of the molecule is O=C(NCC1CCCCN1)NC1CCOCC1. The molecular weight excluding hydrogens is 218 g/mol. The van der Waals surface area contributed by atoms with E-state index in [1.165, 1.54) is 12.8 Å². The summed E-state index contributed by atoms with van der Waals surface area (Å²) < 4.78 is 5.25. The van der Waals surface area contributed by atoms with E-state index in [9.17, 15) is 4.79 Å². The Morgan fingerprint density at radius 3 is 2.76 bits per heavy atom. The topological polar surface area (TPSA) is 62.4 Å². The van der Waals surface area contributed by atoms with Gasteiger partial charge in [0.1, 0.15) is 0 Å². The summed E-state index contributed by atoms with van der Waals surface area (Å²) in [4.78, 5) is 11.7. The second-order valence-corrected chi connectivity index (χ2v) is 4.89. The molecule has 2 aliphatic rings. The molecule has 0 bridgehead atoms. The van der Waals surface area contributed by atoms with Crippen molar-refractivity contribution in [3.8, 4) is 0 Å². The maximum absolute atomic E-state index is 11.7. The van der Waals surface area contributed by atoms with Crippen molar-refractivity contribution in [2.24, 2.45) is 0 Å². The molecule has 2 amide bonds. The highest BCUT2D eigenvalue weighted by Crippen LogP contribution is 2.07. The Balaban J connectivity index is 1.59. The van der Waals surface area contributed by atoms with Crippen LogP contribution in [0.15, 0.2) is 0 Å². The molecule has 0 aliphatic carbocycles. The molecule has 0 aromatic heterocycles. The molecule has 0 radical (unpaired) electrons. The molecule has 3 N–H and O–H groups in total. The molecule has 5 nitrogen and oxygen atoms in total. The van der Waals surface area contributed by atoms with Crippen LogP contribution in [-0.2, 0) is 4.74 Å². The van der Waals surface area contributed by atoms with Crippen LogP contribution in [0.5, 0.6) is 0 Å². The third kappa shape index (κ3) is 4.52. The van der Waals surface area contributed by atoms with Crippen molar-refractivity contribution in [1.82, 2.24) is 16.0 Å². The molecule has 2 saturated heterocycles. The number of carbonyl (C=O) groups is 1. The highest BCUT2D eigenvalue weighted by atomic mass is 16.5. The number of carbonyl (C=O) groups excluding carboxylic acids is 1. The standard InChI is InChI=1S/C12H23N3O2/c16-12(15-10-4-7-17-8-5-10)14-9-11-3-1-2-6-13-11/h10-11,13H,1-9H2,(H2,14,15,16). The minimum Gasteiger partial charge on any atom is -0.381 e. The van der Waals surface area contributed by atoms with Crippen molar-refractivity contribution in [2.45, 2.75) is 44.2 Å². The highest BCUT2D eigenvalue weighted by Gasteiger charge is 2.17. The second-order valence-electron chi connectivity index (χ2n) is 4.89. The van der Waals surface area contributed by atoms with E-state index in [1.54, 1.807) is 0 Å². The van der Waals surface area contributed by atoms with Crippen LogP contribution in [0, 0.1) is 0 Å². The number of rotatable bonds is 3. The zero-order valence-electron chi connectivity index (χ0n) is 10.3. The van der Waals surface area contributed by atoms with E-state index >= 15 is 0 Å². The Labute approximate surface area is 103 Å². The van der Waals surface area contributed by atoms with Crippen LogP contribution in [0.2, 0.25) is 0 Å². The molecule has 0 aromatic rings. The molecule has 5 heteroatoms. The molecule has 98 valence electrons. The van der Waals surface area contributed by atoms with Crippen molar-refractivity contribution in [2.75, 3.05) is 26.3 Å². The van der Waals surface area contributed by atoms with Gasteiger partial charge in [-0.15, -0.1) is 0 Å². The van der Waals surface area contributed by atoms with Crippen LogP contribution in [0.25, 0.3) is 0 Å². The average Bonchev–Trinajstić information content (AvgIpc) is 2.39. The Morgan fingerprint density at radius 2 is 2.06 bits per heavy atom. The van der Waals surface area contributed by atoms with Crippen LogP contribution in [0.1, 0.15) is 32.1 Å². The van der Waals surface area contributed by atoms with Gasteiger partial charge in [0.05, 0.1) is 0 Å². The van der Waals surface area contributed by atoms with Gasteiger partial charge in [-0.2, -0.15) is 0 Å². The molecule has 1 unspecified atom stereocenters. The van der Waals surface area contributed by atoms with E-state index in [1.807, 2.05) is 0 Å². The van der Waals surface area contributed by atoms with Crippen LogP contribution in [0.3, 0.4) is 0 Å². The van der Waals surface area contributed by atoms with Gasteiger partial charge in [-0.3, -0.25) is 0 Å². The molecule has 17 heavy (non-hydrogen) atoms. The summed E-state index contributed by atoms with van der Waals surface area (Å²) in [5.74, 6) is 0. The number of nitrogens with one attached hydrogen (secondary N) is 3. The lowest BCUT2D eigenvalue weighted by Crippen LogP contribution is -2.49. The predicted octanol–water partition coefficient (Wildman–Crippen LogP) is 0.607. The van der Waals surface area contributed by atoms with Crippen LogP contribution >= 0.6 is 0 Å². The van der Waals surface area contributed by atoms with E-state index in [0.717, 1.165) is 45.6 Å². The van der Waals surface area contributed by atoms with Gasteiger partial charge < -0.3 is 20.7 Å². The molecular formula is C12H23N3O2. The summed E-state index contributed by atoms with van der Waals surface area (Å²) in [6, 6.07) is 0.691. The minimum atomic E-state index is -0.0377. The Morgan fingerprint density at radius 1 is 1.24 bits per heavy atom. The Bertz CT molecular complexity index is 236. The number of piperidine rings is 1. The first-order valence-electron chi connectivity index (χ1n) is 6.70. The lowest BCUT2D eigenvalue weighted by atomic mass is 10.1. The smallest absolute Gasteiger partial charge is 0.315 e. The fraction of sp³-hybridized carbons (Fsp3) is 0.917. The number of amides is 2. The molecule has 0 aromatic carbocycles. The first-order valence-corrected chi connectivity index (χ1v) is 6.70. The quantitative estimate of drug-likeness (QED) is 0.678. The Kier molecular flexibility index (Phi) is 5.07. The second kappa shape index (κ2) is 6.81. The van der Waals surface area contributed by atoms with Crippen molar-refractivity contribution in [1.29, 1.82) is 0 Å². The molecule has 2 heterocycles. The molecule has 1 atom stereocenters. The number of ether oxygens (including phenoxy) is 1. The van der Waals surface area contributed by atoms with Crippen LogP contribution in [-0.4, -0.2) is 44.4 Å². The summed E-state index contributed by atoms with van der Waals surface area (Å²) in [7, 11) is 0. The average molecular weight is 241 g/mol. The van der Waals surface area contributed by atoms with E-state index in [4.69, 9.17) is 4.74 Å². The normalized spacial score (nSPS) is 26.5. The number of urea groups is 1. The third-order valence-electron chi connectivity index (χ3n) is 3.48. The van der Waals surface area contributed by atoms with Gasteiger partial charge in [-0.1, -0.05) is 6.42 Å². The van der Waals surface area contributed by atoms with Gasteiger partial charge >= 0.3 is 6.03 Å². The summed E-state index contributed by atoms with van der Waals surface area (Å²) in [5, 5.41) is 9.36. The largest absolute Gasteiger partial charge is 0.381 e. The van der Waals surface area contributed by atoms with E-state index in [2.05, 4.69) is 16.0 Å². The van der Waals surface area contributed by atoms with Crippen molar-refractivity contribution in [3.05, 3.63) is 0 Å².